The van der Waals surface area contributed by atoms with Crippen LogP contribution in [0.3, 0.4) is 0 Å². The smallest absolute Gasteiger partial charge is 0.481 e. The van der Waals surface area contributed by atoms with Crippen LogP contribution in [0.4, 0.5) is 0 Å². The molecule has 1 unspecified atom stereocenters. The fraction of sp³-hybridized carbons (Fsp3) is 0.360. The van der Waals surface area contributed by atoms with E-state index in [2.05, 4.69) is 10.6 Å². The number of carbonyl (C=O) groups excluding carboxylic acids is 3. The van der Waals surface area contributed by atoms with Crippen molar-refractivity contribution in [2.45, 2.75) is 44.2 Å². The molecule has 0 bridgehead atoms. The lowest BCUT2D eigenvalue weighted by atomic mass is 9.78. The monoisotopic (exact) mass is 551 g/mol. The largest absolute Gasteiger partial charge is 0.491 e. The number of carboxylic acid groups (broad SMARTS) is 1. The van der Waals surface area contributed by atoms with E-state index in [9.17, 15) is 34.3 Å². The lowest BCUT2D eigenvalue weighted by Crippen LogP contribution is -2.50. The molecule has 0 radical (unpaired) electrons. The number of hydrogen-bond acceptors (Lipinski definition) is 9. The van der Waals surface area contributed by atoms with E-state index >= 15 is 0 Å². The van der Waals surface area contributed by atoms with Gasteiger partial charge in [-0.1, -0.05) is 12.1 Å². The van der Waals surface area contributed by atoms with Gasteiger partial charge < -0.3 is 45.1 Å². The Morgan fingerprint density at radius 3 is 2.17 bits per heavy atom. The number of hydrogen-bond donors (Lipinski definition) is 6. The lowest BCUT2D eigenvalue weighted by molar-refractivity contribution is -0.138. The summed E-state index contributed by atoms with van der Waals surface area (Å²) in [5.41, 5.74) is 2.90. The minimum absolute atomic E-state index is 0.0296. The zero-order chi connectivity index (χ0) is 28.6. The predicted octanol–water partition coefficient (Wildman–Crippen LogP) is -2.91. The molecule has 5 rings (SSSR count). The maximum atomic E-state index is 13.6. The first kappa shape index (κ1) is 27.8. The summed E-state index contributed by atoms with van der Waals surface area (Å²) in [7, 11) is -2.30. The summed E-state index contributed by atoms with van der Waals surface area (Å²) in [6.07, 6.45) is -0.485. The van der Waals surface area contributed by atoms with Crippen LogP contribution >= 0.6 is 0 Å². The summed E-state index contributed by atoms with van der Waals surface area (Å²) in [5, 5.41) is 44.0. The van der Waals surface area contributed by atoms with Crippen LogP contribution in [-0.2, 0) is 32.1 Å². The molecule has 3 atom stereocenters. The topological polar surface area (TPSA) is 195 Å². The molecule has 2 aromatic carbocycles. The molecule has 0 aliphatic carbocycles. The van der Waals surface area contributed by atoms with Gasteiger partial charge in [0, 0.05) is 23.7 Å². The van der Waals surface area contributed by atoms with E-state index in [1.165, 1.54) is 17.0 Å². The van der Waals surface area contributed by atoms with Crippen molar-refractivity contribution >= 4 is 48.9 Å². The molecule has 6 N–H and O–H groups in total. The molecule has 3 amide bonds. The Balaban J connectivity index is 1.36. The second-order valence-corrected chi connectivity index (χ2v) is 10.0. The molecule has 3 aliphatic rings. The second-order valence-electron chi connectivity index (χ2n) is 10.0. The average Bonchev–Trinajstić information content (AvgIpc) is 3.64. The number of nitrogens with one attached hydrogen (secondary N) is 2. The normalized spacial score (nSPS) is 20.2. The molecular weight excluding hydrogens is 524 g/mol. The van der Waals surface area contributed by atoms with Gasteiger partial charge in [0.1, 0.15) is 6.04 Å². The molecule has 2 aromatic rings. The summed E-state index contributed by atoms with van der Waals surface area (Å²) < 4.78 is 10.4. The van der Waals surface area contributed by atoms with E-state index in [0.717, 1.165) is 11.1 Å². The maximum Gasteiger partial charge on any atom is 0.491 e. The standard InChI is InChI=1S/C25H27B2N3O10/c31-10-18(8-22(32)33)29-24(35)21-7-17(28-23(34)13-1-3-15-11-39-26(37)19(15)5-13)9-30(21)25(36)14-2-4-16-12-40-27(38)20(16)6-14/h1-6,17-18,21,31,37-38H,7-12H2,(H,28,34)(H,29,35)(H,32,33)/t17?,18-,21-/m0/s1. The van der Waals surface area contributed by atoms with Gasteiger partial charge in [0.15, 0.2) is 0 Å². The van der Waals surface area contributed by atoms with E-state index in [1.54, 1.807) is 24.3 Å². The van der Waals surface area contributed by atoms with Crippen LogP contribution in [0.15, 0.2) is 36.4 Å². The van der Waals surface area contributed by atoms with Crippen molar-refractivity contribution in [3.05, 3.63) is 58.7 Å². The van der Waals surface area contributed by atoms with Gasteiger partial charge in [-0.15, -0.1) is 0 Å². The highest BCUT2D eigenvalue weighted by Gasteiger charge is 2.42. The quantitative estimate of drug-likeness (QED) is 0.185. The highest BCUT2D eigenvalue weighted by molar-refractivity contribution is 6.62. The van der Waals surface area contributed by atoms with Crippen molar-refractivity contribution in [3.63, 3.8) is 0 Å². The van der Waals surface area contributed by atoms with Crippen LogP contribution in [0.25, 0.3) is 0 Å². The molecule has 0 spiro atoms. The van der Waals surface area contributed by atoms with Crippen LogP contribution in [0.2, 0.25) is 0 Å². The Hall–Kier alpha value is -3.75. The van der Waals surface area contributed by atoms with Crippen molar-refractivity contribution in [3.8, 4) is 0 Å². The van der Waals surface area contributed by atoms with E-state index < -0.39 is 69.1 Å². The molecule has 1 fully saturated rings. The SMILES string of the molecule is O=C(O)C[C@@H](CO)NC(=O)[C@@H]1CC(NC(=O)c2ccc3c(c2)B(O)OC3)CN1C(=O)c1ccc2c(c1)B(O)OC2. The van der Waals surface area contributed by atoms with Gasteiger partial charge in [-0.05, 0) is 52.7 Å². The summed E-state index contributed by atoms with van der Waals surface area (Å²) in [6, 6.07) is 6.73. The molecule has 15 heteroatoms. The summed E-state index contributed by atoms with van der Waals surface area (Å²) >= 11 is 0. The Kier molecular flexibility index (Phi) is 7.92. The number of nitrogens with zero attached hydrogens (tertiary/aromatic N) is 1. The average molecular weight is 551 g/mol. The first-order valence-corrected chi connectivity index (χ1v) is 12.7. The van der Waals surface area contributed by atoms with Crippen LogP contribution in [0.5, 0.6) is 0 Å². The summed E-state index contributed by atoms with van der Waals surface area (Å²) in [5.74, 6) is -2.90. The number of fused-ring (bicyclic) bond motifs is 2. The predicted molar refractivity (Wildman–Crippen MR) is 140 cm³/mol. The minimum atomic E-state index is -1.22. The van der Waals surface area contributed by atoms with Crippen LogP contribution in [0, 0.1) is 0 Å². The van der Waals surface area contributed by atoms with E-state index in [1.807, 2.05) is 0 Å². The number of aliphatic hydroxyl groups excluding tert-OH is 1. The first-order valence-electron chi connectivity index (χ1n) is 12.7. The third-order valence-corrected chi connectivity index (χ3v) is 7.31. The summed E-state index contributed by atoms with van der Waals surface area (Å²) in [6.45, 7) is -0.211. The van der Waals surface area contributed by atoms with Crippen molar-refractivity contribution in [1.29, 1.82) is 0 Å². The third-order valence-electron chi connectivity index (χ3n) is 7.31. The van der Waals surface area contributed by atoms with Crippen molar-refractivity contribution in [2.75, 3.05) is 13.2 Å². The number of rotatable bonds is 8. The van der Waals surface area contributed by atoms with Gasteiger partial charge in [0.25, 0.3) is 11.8 Å². The number of benzene rings is 2. The zero-order valence-electron chi connectivity index (χ0n) is 21.3. The fourth-order valence-electron chi connectivity index (χ4n) is 5.22. The Bertz CT molecular complexity index is 1360. The molecule has 40 heavy (non-hydrogen) atoms. The van der Waals surface area contributed by atoms with Crippen LogP contribution < -0.4 is 21.6 Å². The number of aliphatic carboxylic acids is 1. The Morgan fingerprint density at radius 1 is 0.975 bits per heavy atom. The molecule has 3 aliphatic heterocycles. The molecule has 0 aromatic heterocycles. The van der Waals surface area contributed by atoms with Gasteiger partial charge in [0.05, 0.1) is 32.3 Å². The molecule has 1 saturated heterocycles. The van der Waals surface area contributed by atoms with Crippen LogP contribution in [0.1, 0.15) is 44.7 Å². The first-order chi connectivity index (χ1) is 19.1. The number of carbonyl (C=O) groups is 4. The molecular formula is C25H27B2N3O10. The van der Waals surface area contributed by atoms with E-state index in [-0.39, 0.29) is 37.3 Å². The Labute approximate surface area is 229 Å². The van der Waals surface area contributed by atoms with E-state index in [0.29, 0.717) is 10.9 Å². The molecule has 0 saturated carbocycles. The van der Waals surface area contributed by atoms with Gasteiger partial charge in [0.2, 0.25) is 5.91 Å². The lowest BCUT2D eigenvalue weighted by Gasteiger charge is -2.25. The van der Waals surface area contributed by atoms with E-state index in [4.69, 9.17) is 14.4 Å². The van der Waals surface area contributed by atoms with Crippen LogP contribution in [-0.4, -0.2) is 94.4 Å². The molecule has 13 nitrogen and oxygen atoms in total. The molecule has 208 valence electrons. The third kappa shape index (κ3) is 5.60. The number of amides is 3. The van der Waals surface area contributed by atoms with Gasteiger partial charge >= 0.3 is 20.2 Å². The zero-order valence-corrected chi connectivity index (χ0v) is 21.3. The van der Waals surface area contributed by atoms with Gasteiger partial charge in [-0.2, -0.15) is 0 Å². The molecule has 3 heterocycles. The van der Waals surface area contributed by atoms with Crippen molar-refractivity contribution in [1.82, 2.24) is 15.5 Å². The van der Waals surface area contributed by atoms with Gasteiger partial charge in [-0.25, -0.2) is 0 Å². The number of carboxylic acids is 1. The highest BCUT2D eigenvalue weighted by atomic mass is 16.5. The second kappa shape index (κ2) is 11.4. The minimum Gasteiger partial charge on any atom is -0.481 e. The van der Waals surface area contributed by atoms with Gasteiger partial charge in [-0.3, -0.25) is 19.2 Å². The number of aliphatic hydroxyl groups is 1. The summed E-state index contributed by atoms with van der Waals surface area (Å²) in [4.78, 5) is 52.3. The number of likely N-dealkylation sites (tertiary alicyclic amines) is 1. The maximum absolute atomic E-state index is 13.6. The Morgan fingerprint density at radius 2 is 1.57 bits per heavy atom. The van der Waals surface area contributed by atoms with Crippen molar-refractivity contribution < 1.29 is 48.7 Å². The fourth-order valence-corrected chi connectivity index (χ4v) is 5.22. The highest BCUT2D eigenvalue weighted by Crippen LogP contribution is 2.23. The van der Waals surface area contributed by atoms with Crippen molar-refractivity contribution in [2.24, 2.45) is 0 Å².